The van der Waals surface area contributed by atoms with Gasteiger partial charge in [-0.3, -0.25) is 0 Å². The molecule has 0 saturated heterocycles. The molecule has 0 heterocycles. The zero-order valence-corrected chi connectivity index (χ0v) is 17.3. The second-order valence-electron chi connectivity index (χ2n) is 7.22. The van der Waals surface area contributed by atoms with Crippen LogP contribution in [0.2, 0.25) is 0 Å². The SMILES string of the molecule is CCCCC/C(=C/C(OC(C)C(C)c1ccc(O)c(C)c1)=C(\C)O)CC. The summed E-state index contributed by atoms with van der Waals surface area (Å²) >= 11 is 0. The molecular formula is C23H36O3. The predicted octanol–water partition coefficient (Wildman–Crippen LogP) is 6.92. The number of hydrogen-bond acceptors (Lipinski definition) is 3. The van der Waals surface area contributed by atoms with Crippen LogP contribution in [0.25, 0.3) is 0 Å². The standard InChI is InChI=1S/C23H36O3/c1-7-9-10-11-20(8-2)15-23(18(5)24)26-19(6)17(4)21-12-13-22(25)16(3)14-21/h12-15,17,19,24-25H,7-11H2,1-6H3/b20-15+,23-18-. The smallest absolute Gasteiger partial charge is 0.156 e. The molecular weight excluding hydrogens is 324 g/mol. The lowest BCUT2D eigenvalue weighted by Crippen LogP contribution is -2.17. The molecule has 0 saturated carbocycles. The van der Waals surface area contributed by atoms with E-state index < -0.39 is 0 Å². The van der Waals surface area contributed by atoms with Gasteiger partial charge in [-0.15, -0.1) is 0 Å². The molecule has 2 atom stereocenters. The number of phenols is 1. The Morgan fingerprint density at radius 1 is 1.19 bits per heavy atom. The molecule has 26 heavy (non-hydrogen) atoms. The van der Waals surface area contributed by atoms with Gasteiger partial charge in [0.25, 0.3) is 0 Å². The molecule has 0 radical (unpaired) electrons. The first-order chi connectivity index (χ1) is 12.3. The molecule has 0 bridgehead atoms. The fourth-order valence-electron chi connectivity index (χ4n) is 2.90. The highest BCUT2D eigenvalue weighted by molar-refractivity contribution is 5.36. The molecule has 3 heteroatoms. The van der Waals surface area contributed by atoms with E-state index in [1.807, 2.05) is 32.1 Å². The number of ether oxygens (including phenoxy) is 1. The van der Waals surface area contributed by atoms with E-state index in [9.17, 15) is 10.2 Å². The van der Waals surface area contributed by atoms with E-state index >= 15 is 0 Å². The quantitative estimate of drug-likeness (QED) is 0.270. The predicted molar refractivity (Wildman–Crippen MR) is 110 cm³/mol. The Hall–Kier alpha value is -1.90. The van der Waals surface area contributed by atoms with E-state index in [2.05, 4.69) is 20.8 Å². The minimum Gasteiger partial charge on any atom is -0.509 e. The van der Waals surface area contributed by atoms with Crippen molar-refractivity contribution in [2.24, 2.45) is 0 Å². The molecule has 3 nitrogen and oxygen atoms in total. The number of aryl methyl sites for hydroxylation is 1. The molecule has 2 N–H and O–H groups in total. The van der Waals surface area contributed by atoms with E-state index in [0.717, 1.165) is 24.0 Å². The maximum absolute atomic E-state index is 10.1. The van der Waals surface area contributed by atoms with Crippen LogP contribution in [0.5, 0.6) is 5.75 Å². The Bertz CT molecular complexity index is 624. The van der Waals surface area contributed by atoms with E-state index in [4.69, 9.17) is 4.74 Å². The van der Waals surface area contributed by atoms with Crippen LogP contribution in [0.3, 0.4) is 0 Å². The summed E-state index contributed by atoms with van der Waals surface area (Å²) in [5.74, 6) is 1.23. The van der Waals surface area contributed by atoms with Gasteiger partial charge in [0.05, 0.1) is 0 Å². The largest absolute Gasteiger partial charge is 0.509 e. The van der Waals surface area contributed by atoms with Gasteiger partial charge in [0.2, 0.25) is 0 Å². The van der Waals surface area contributed by atoms with E-state index in [1.165, 1.54) is 24.8 Å². The minimum absolute atomic E-state index is 0.0963. The van der Waals surface area contributed by atoms with Gasteiger partial charge in [0.15, 0.2) is 5.76 Å². The van der Waals surface area contributed by atoms with Gasteiger partial charge < -0.3 is 14.9 Å². The summed E-state index contributed by atoms with van der Waals surface area (Å²) in [5, 5.41) is 19.8. The molecule has 0 aliphatic rings. The molecule has 0 fully saturated rings. The molecule has 1 aromatic carbocycles. The average molecular weight is 361 g/mol. The number of aliphatic hydroxyl groups is 1. The maximum Gasteiger partial charge on any atom is 0.156 e. The number of unbranched alkanes of at least 4 members (excludes halogenated alkanes) is 2. The molecule has 1 rings (SSSR count). The summed E-state index contributed by atoms with van der Waals surface area (Å²) in [4.78, 5) is 0. The lowest BCUT2D eigenvalue weighted by molar-refractivity contribution is 0.109. The number of hydrogen-bond donors (Lipinski definition) is 2. The Balaban J connectivity index is 2.88. The van der Waals surface area contributed by atoms with Gasteiger partial charge in [-0.05, 0) is 63.3 Å². The molecule has 0 aliphatic carbocycles. The maximum atomic E-state index is 10.1. The fourth-order valence-corrected chi connectivity index (χ4v) is 2.90. The zero-order valence-electron chi connectivity index (χ0n) is 17.3. The van der Waals surface area contributed by atoms with Crippen molar-refractivity contribution in [2.75, 3.05) is 0 Å². The van der Waals surface area contributed by atoms with Crippen LogP contribution in [0.4, 0.5) is 0 Å². The Morgan fingerprint density at radius 2 is 1.88 bits per heavy atom. The van der Waals surface area contributed by atoms with Crippen LogP contribution in [0.15, 0.2) is 41.4 Å². The summed E-state index contributed by atoms with van der Waals surface area (Å²) in [6.07, 6.45) is 7.53. The lowest BCUT2D eigenvalue weighted by atomic mass is 9.94. The fraction of sp³-hybridized carbons (Fsp3) is 0.565. The van der Waals surface area contributed by atoms with Crippen molar-refractivity contribution in [1.82, 2.24) is 0 Å². The first-order valence-electron chi connectivity index (χ1n) is 9.85. The first-order valence-corrected chi connectivity index (χ1v) is 9.85. The van der Waals surface area contributed by atoms with Crippen molar-refractivity contribution in [3.8, 4) is 5.75 Å². The second kappa shape index (κ2) is 10.9. The Morgan fingerprint density at radius 3 is 2.42 bits per heavy atom. The van der Waals surface area contributed by atoms with Crippen molar-refractivity contribution < 1.29 is 14.9 Å². The van der Waals surface area contributed by atoms with E-state index in [1.54, 1.807) is 13.0 Å². The zero-order chi connectivity index (χ0) is 19.7. The average Bonchev–Trinajstić information content (AvgIpc) is 2.61. The van der Waals surface area contributed by atoms with Crippen LogP contribution >= 0.6 is 0 Å². The summed E-state index contributed by atoms with van der Waals surface area (Å²) in [6, 6.07) is 5.65. The number of rotatable bonds is 10. The monoisotopic (exact) mass is 360 g/mol. The number of benzene rings is 1. The summed E-state index contributed by atoms with van der Waals surface area (Å²) in [5.41, 5.74) is 3.28. The van der Waals surface area contributed by atoms with Crippen LogP contribution < -0.4 is 0 Å². The molecule has 146 valence electrons. The van der Waals surface area contributed by atoms with Gasteiger partial charge in [-0.2, -0.15) is 0 Å². The highest BCUT2D eigenvalue weighted by Crippen LogP contribution is 2.28. The summed E-state index contributed by atoms with van der Waals surface area (Å²) in [6.45, 7) is 12.0. The second-order valence-corrected chi connectivity index (χ2v) is 7.22. The highest BCUT2D eigenvalue weighted by atomic mass is 16.5. The number of aliphatic hydroxyl groups excluding tert-OH is 1. The third-order valence-corrected chi connectivity index (χ3v) is 5.01. The van der Waals surface area contributed by atoms with Crippen LogP contribution in [0, 0.1) is 6.92 Å². The molecule has 2 unspecified atom stereocenters. The molecule has 1 aromatic rings. The van der Waals surface area contributed by atoms with Gasteiger partial charge in [-0.25, -0.2) is 0 Å². The van der Waals surface area contributed by atoms with Gasteiger partial charge in [0, 0.05) is 5.92 Å². The topological polar surface area (TPSA) is 49.7 Å². The van der Waals surface area contributed by atoms with Crippen LogP contribution in [-0.2, 0) is 4.74 Å². The molecule has 0 amide bonds. The normalized spacial score (nSPS) is 15.4. The van der Waals surface area contributed by atoms with E-state index in [0.29, 0.717) is 11.5 Å². The Kier molecular flexibility index (Phi) is 9.32. The summed E-state index contributed by atoms with van der Waals surface area (Å²) in [7, 11) is 0. The van der Waals surface area contributed by atoms with Crippen molar-refractivity contribution in [1.29, 1.82) is 0 Å². The lowest BCUT2D eigenvalue weighted by Gasteiger charge is -2.23. The number of phenolic OH excluding ortho intramolecular Hbond substituents is 1. The van der Waals surface area contributed by atoms with Gasteiger partial charge in [0.1, 0.15) is 17.6 Å². The van der Waals surface area contributed by atoms with Crippen molar-refractivity contribution in [3.05, 3.63) is 52.5 Å². The third kappa shape index (κ3) is 6.78. The minimum atomic E-state index is -0.0963. The summed E-state index contributed by atoms with van der Waals surface area (Å²) < 4.78 is 6.13. The van der Waals surface area contributed by atoms with Gasteiger partial charge >= 0.3 is 0 Å². The highest BCUT2D eigenvalue weighted by Gasteiger charge is 2.18. The molecule has 0 spiro atoms. The van der Waals surface area contributed by atoms with Gasteiger partial charge in [-0.1, -0.05) is 51.3 Å². The third-order valence-electron chi connectivity index (χ3n) is 5.01. The number of aromatic hydroxyl groups is 1. The van der Waals surface area contributed by atoms with Crippen molar-refractivity contribution in [3.63, 3.8) is 0 Å². The molecule has 0 aromatic heterocycles. The first kappa shape index (κ1) is 22.1. The van der Waals surface area contributed by atoms with Crippen LogP contribution in [-0.4, -0.2) is 16.3 Å². The molecule has 0 aliphatic heterocycles. The van der Waals surface area contributed by atoms with E-state index in [-0.39, 0.29) is 17.8 Å². The Labute approximate surface area is 159 Å². The van der Waals surface area contributed by atoms with Crippen LogP contribution in [0.1, 0.15) is 83.8 Å². The van der Waals surface area contributed by atoms with Crippen molar-refractivity contribution >= 4 is 0 Å². The number of allylic oxidation sites excluding steroid dienone is 3. The van der Waals surface area contributed by atoms with Crippen molar-refractivity contribution in [2.45, 2.75) is 85.7 Å².